The van der Waals surface area contributed by atoms with Crippen LogP contribution in [0.25, 0.3) is 5.65 Å². The number of rotatable bonds is 3. The van der Waals surface area contributed by atoms with Crippen molar-refractivity contribution >= 4 is 17.6 Å². The fraction of sp³-hybridized carbons (Fsp3) is 0.562. The second-order valence-electron chi connectivity index (χ2n) is 6.80. The number of nitrogens with zero attached hydrogens (tertiary/aromatic N) is 4. The first-order valence-electron chi connectivity index (χ1n) is 7.96. The summed E-state index contributed by atoms with van der Waals surface area (Å²) in [5.41, 5.74) is 0.345. The maximum absolute atomic E-state index is 12.3. The molecule has 3 heterocycles. The number of likely N-dealkylation sites (tertiary alicyclic amines) is 1. The molecule has 0 aliphatic carbocycles. The van der Waals surface area contributed by atoms with E-state index in [2.05, 4.69) is 15.4 Å². The van der Waals surface area contributed by atoms with Gasteiger partial charge in [-0.2, -0.15) is 0 Å². The molecule has 1 N–H and O–H groups in total. The van der Waals surface area contributed by atoms with Crippen LogP contribution in [0.15, 0.2) is 24.5 Å². The van der Waals surface area contributed by atoms with E-state index < -0.39 is 5.60 Å². The van der Waals surface area contributed by atoms with Crippen molar-refractivity contribution in [2.45, 2.75) is 45.3 Å². The highest BCUT2D eigenvalue weighted by molar-refractivity contribution is 5.69. The zero-order chi connectivity index (χ0) is 16.4. The molecule has 0 aromatic carbocycles. The number of fused-ring (bicyclic) bond motifs is 1. The second kappa shape index (κ2) is 6.06. The van der Waals surface area contributed by atoms with E-state index in [1.54, 1.807) is 10.7 Å². The van der Waals surface area contributed by atoms with Crippen LogP contribution in [0.4, 0.5) is 10.6 Å². The minimum absolute atomic E-state index is 0.130. The van der Waals surface area contributed by atoms with Gasteiger partial charge in [-0.25, -0.2) is 14.3 Å². The molecule has 1 saturated heterocycles. The highest BCUT2D eigenvalue weighted by atomic mass is 16.6. The fourth-order valence-electron chi connectivity index (χ4n) is 2.74. The minimum atomic E-state index is -0.467. The zero-order valence-corrected chi connectivity index (χ0v) is 13.8. The van der Waals surface area contributed by atoms with Crippen LogP contribution < -0.4 is 5.32 Å². The number of aromatic nitrogens is 3. The minimum Gasteiger partial charge on any atom is -0.444 e. The molecule has 0 bridgehead atoms. The van der Waals surface area contributed by atoms with Crippen molar-refractivity contribution in [2.24, 2.45) is 0 Å². The molecule has 23 heavy (non-hydrogen) atoms. The molecule has 1 aliphatic rings. The number of carbonyl (C=O) groups is 1. The molecule has 0 saturated carbocycles. The summed E-state index contributed by atoms with van der Waals surface area (Å²) in [6, 6.07) is 3.94. The highest BCUT2D eigenvalue weighted by Crippen LogP contribution is 2.21. The van der Waals surface area contributed by atoms with Crippen molar-refractivity contribution in [2.75, 3.05) is 18.4 Å². The first-order chi connectivity index (χ1) is 10.9. The van der Waals surface area contributed by atoms with Crippen LogP contribution in [0.3, 0.4) is 0 Å². The Morgan fingerprint density at radius 2 is 2.26 bits per heavy atom. The van der Waals surface area contributed by atoms with Gasteiger partial charge in [0.05, 0.1) is 6.04 Å². The number of ether oxygens (including phenoxy) is 1. The molecule has 3 rings (SSSR count). The lowest BCUT2D eigenvalue weighted by Crippen LogP contribution is -2.42. The first-order valence-corrected chi connectivity index (χ1v) is 7.96. The number of anilines is 1. The lowest BCUT2D eigenvalue weighted by Gasteiger charge is -2.28. The zero-order valence-electron chi connectivity index (χ0n) is 13.8. The van der Waals surface area contributed by atoms with Crippen LogP contribution in [0.2, 0.25) is 0 Å². The predicted molar refractivity (Wildman–Crippen MR) is 87.4 cm³/mol. The molecule has 1 amide bonds. The van der Waals surface area contributed by atoms with Crippen molar-refractivity contribution in [1.29, 1.82) is 0 Å². The van der Waals surface area contributed by atoms with E-state index in [1.165, 1.54) is 0 Å². The Morgan fingerprint density at radius 1 is 1.43 bits per heavy atom. The van der Waals surface area contributed by atoms with E-state index in [9.17, 15) is 4.79 Å². The highest BCUT2D eigenvalue weighted by Gasteiger charge is 2.31. The summed E-state index contributed by atoms with van der Waals surface area (Å²) in [5, 5.41) is 7.74. The molecular weight excluding hydrogens is 294 g/mol. The van der Waals surface area contributed by atoms with E-state index in [0.29, 0.717) is 6.54 Å². The quantitative estimate of drug-likeness (QED) is 0.942. The molecule has 0 spiro atoms. The third-order valence-electron chi connectivity index (χ3n) is 3.78. The summed E-state index contributed by atoms with van der Waals surface area (Å²) in [4.78, 5) is 18.3. The van der Waals surface area contributed by atoms with Crippen LogP contribution >= 0.6 is 0 Å². The number of amides is 1. The van der Waals surface area contributed by atoms with Crippen molar-refractivity contribution in [3.8, 4) is 0 Å². The standard InChI is InChI=1S/C16H23N5O2/c1-16(2,3)23-15(22)20-9-4-5-12(20)11-18-13-6-7-14-17-8-10-21(14)19-13/h6-8,10,12H,4-5,9,11H2,1-3H3,(H,18,19)/t12-/m0/s1. The van der Waals surface area contributed by atoms with Gasteiger partial charge in [0.1, 0.15) is 11.4 Å². The van der Waals surface area contributed by atoms with E-state index in [1.807, 2.05) is 44.0 Å². The lowest BCUT2D eigenvalue weighted by atomic mass is 10.2. The van der Waals surface area contributed by atoms with E-state index in [-0.39, 0.29) is 12.1 Å². The van der Waals surface area contributed by atoms with Crippen molar-refractivity contribution in [3.05, 3.63) is 24.5 Å². The Labute approximate surface area is 135 Å². The van der Waals surface area contributed by atoms with Crippen LogP contribution in [0.1, 0.15) is 33.6 Å². The summed E-state index contributed by atoms with van der Waals surface area (Å²) in [6.07, 6.45) is 5.26. The summed E-state index contributed by atoms with van der Waals surface area (Å²) in [5.74, 6) is 0.770. The van der Waals surface area contributed by atoms with Gasteiger partial charge in [-0.05, 0) is 45.7 Å². The summed E-state index contributed by atoms with van der Waals surface area (Å²) < 4.78 is 7.21. The Morgan fingerprint density at radius 3 is 3.04 bits per heavy atom. The van der Waals surface area contributed by atoms with Gasteiger partial charge in [0.2, 0.25) is 0 Å². The Bertz CT molecular complexity index is 691. The SMILES string of the molecule is CC(C)(C)OC(=O)N1CCC[C@H]1CNc1ccc2nccn2n1. The maximum atomic E-state index is 12.3. The molecular formula is C16H23N5O2. The molecule has 0 radical (unpaired) electrons. The third-order valence-corrected chi connectivity index (χ3v) is 3.78. The average Bonchev–Trinajstić information content (AvgIpc) is 3.11. The van der Waals surface area contributed by atoms with Gasteiger partial charge in [0.25, 0.3) is 0 Å². The van der Waals surface area contributed by atoms with E-state index in [4.69, 9.17) is 4.74 Å². The fourth-order valence-corrected chi connectivity index (χ4v) is 2.74. The van der Waals surface area contributed by atoms with Crippen molar-refractivity contribution < 1.29 is 9.53 Å². The number of hydrogen-bond acceptors (Lipinski definition) is 5. The topological polar surface area (TPSA) is 71.8 Å². The van der Waals surface area contributed by atoms with Gasteiger partial charge in [-0.3, -0.25) is 0 Å². The van der Waals surface area contributed by atoms with Gasteiger partial charge in [-0.1, -0.05) is 0 Å². The Balaban J connectivity index is 1.61. The normalized spacial score (nSPS) is 18.4. The summed E-state index contributed by atoms with van der Waals surface area (Å²) >= 11 is 0. The third kappa shape index (κ3) is 3.72. The molecule has 1 atom stereocenters. The molecule has 7 heteroatoms. The maximum Gasteiger partial charge on any atom is 0.410 e. The number of carbonyl (C=O) groups excluding carboxylic acids is 1. The summed E-state index contributed by atoms with van der Waals surface area (Å²) in [6.45, 7) is 7.07. The van der Waals surface area contributed by atoms with E-state index in [0.717, 1.165) is 30.9 Å². The molecule has 7 nitrogen and oxygen atoms in total. The van der Waals surface area contributed by atoms with Crippen LogP contribution in [-0.4, -0.2) is 50.3 Å². The largest absolute Gasteiger partial charge is 0.444 e. The number of imidazole rings is 1. The van der Waals surface area contributed by atoms with Crippen molar-refractivity contribution in [3.63, 3.8) is 0 Å². The lowest BCUT2D eigenvalue weighted by molar-refractivity contribution is 0.0235. The average molecular weight is 317 g/mol. The van der Waals surface area contributed by atoms with Crippen LogP contribution in [0, 0.1) is 0 Å². The van der Waals surface area contributed by atoms with Crippen LogP contribution in [-0.2, 0) is 4.74 Å². The van der Waals surface area contributed by atoms with Gasteiger partial charge in [0.15, 0.2) is 5.65 Å². The monoisotopic (exact) mass is 317 g/mol. The van der Waals surface area contributed by atoms with Crippen molar-refractivity contribution in [1.82, 2.24) is 19.5 Å². The predicted octanol–water partition coefficient (Wildman–Crippen LogP) is 2.54. The molecule has 2 aromatic rings. The van der Waals surface area contributed by atoms with Gasteiger partial charge in [-0.15, -0.1) is 5.10 Å². The van der Waals surface area contributed by atoms with Gasteiger partial charge in [0, 0.05) is 25.5 Å². The molecule has 1 aliphatic heterocycles. The molecule has 0 unspecified atom stereocenters. The number of hydrogen-bond donors (Lipinski definition) is 1. The molecule has 1 fully saturated rings. The van der Waals surface area contributed by atoms with Gasteiger partial charge < -0.3 is 15.0 Å². The molecule has 124 valence electrons. The van der Waals surface area contributed by atoms with Gasteiger partial charge >= 0.3 is 6.09 Å². The Hall–Kier alpha value is -2.31. The van der Waals surface area contributed by atoms with E-state index >= 15 is 0 Å². The Kier molecular flexibility index (Phi) is 4.11. The summed E-state index contributed by atoms with van der Waals surface area (Å²) in [7, 11) is 0. The van der Waals surface area contributed by atoms with Crippen LogP contribution in [0.5, 0.6) is 0 Å². The first kappa shape index (κ1) is 15.6. The molecule has 2 aromatic heterocycles. The number of nitrogens with one attached hydrogen (secondary N) is 1. The second-order valence-corrected chi connectivity index (χ2v) is 6.80. The smallest absolute Gasteiger partial charge is 0.410 e.